The minimum atomic E-state index is 0. The molecule has 6 heteroatoms. The van der Waals surface area contributed by atoms with E-state index >= 15 is 0 Å². The van der Waals surface area contributed by atoms with Crippen LogP contribution in [0, 0.1) is 11.8 Å². The van der Waals surface area contributed by atoms with E-state index in [4.69, 9.17) is 5.73 Å². The lowest BCUT2D eigenvalue weighted by molar-refractivity contribution is -0.127. The molecule has 3 rings (SSSR count). The molecule has 0 spiro atoms. The maximum absolute atomic E-state index is 12.4. The van der Waals surface area contributed by atoms with Crippen LogP contribution < -0.4 is 11.1 Å². The van der Waals surface area contributed by atoms with E-state index in [1.165, 1.54) is 45.2 Å². The topological polar surface area (TPSA) is 58.4 Å². The zero-order valence-corrected chi connectivity index (χ0v) is 15.7. The van der Waals surface area contributed by atoms with Crippen LogP contribution in [0.4, 0.5) is 0 Å². The molecule has 2 saturated carbocycles. The van der Waals surface area contributed by atoms with Gasteiger partial charge in [0.25, 0.3) is 0 Å². The number of rotatable bonds is 4. The molecule has 0 aromatic heterocycles. The van der Waals surface area contributed by atoms with Crippen LogP contribution in [0.15, 0.2) is 0 Å². The van der Waals surface area contributed by atoms with Crippen LogP contribution in [-0.4, -0.2) is 42.5 Å². The van der Waals surface area contributed by atoms with Gasteiger partial charge >= 0.3 is 0 Å². The van der Waals surface area contributed by atoms with E-state index < -0.39 is 0 Å². The van der Waals surface area contributed by atoms with Gasteiger partial charge in [-0.3, -0.25) is 4.79 Å². The molecule has 0 radical (unpaired) electrons. The first-order valence-electron chi connectivity index (χ1n) is 9.02. The van der Waals surface area contributed by atoms with Gasteiger partial charge in [-0.2, -0.15) is 0 Å². The smallest absolute Gasteiger partial charge is 0.223 e. The van der Waals surface area contributed by atoms with Crippen LogP contribution in [0.1, 0.15) is 57.8 Å². The molecule has 0 bridgehead atoms. The zero-order valence-electron chi connectivity index (χ0n) is 14.0. The van der Waals surface area contributed by atoms with Gasteiger partial charge in [0.1, 0.15) is 0 Å². The summed E-state index contributed by atoms with van der Waals surface area (Å²) >= 11 is 0. The Morgan fingerprint density at radius 1 is 0.957 bits per heavy atom. The number of nitrogens with two attached hydrogens (primary N) is 1. The Morgan fingerprint density at radius 3 is 2.22 bits per heavy atom. The Kier molecular flexibility index (Phi) is 9.20. The number of carbonyl (C=O) groups excluding carboxylic acids is 1. The van der Waals surface area contributed by atoms with E-state index in [0.29, 0.717) is 18.5 Å². The van der Waals surface area contributed by atoms with Crippen molar-refractivity contribution in [1.29, 1.82) is 0 Å². The quantitative estimate of drug-likeness (QED) is 0.804. The average Bonchev–Trinajstić information content (AvgIpc) is 3.19. The summed E-state index contributed by atoms with van der Waals surface area (Å²) in [7, 11) is 0. The number of carbonyl (C=O) groups is 1. The van der Waals surface area contributed by atoms with Crippen molar-refractivity contribution in [2.75, 3.05) is 19.6 Å². The van der Waals surface area contributed by atoms with Crippen LogP contribution in [0.5, 0.6) is 0 Å². The van der Waals surface area contributed by atoms with Crippen LogP contribution in [-0.2, 0) is 4.79 Å². The predicted octanol–water partition coefficient (Wildman–Crippen LogP) is 2.73. The van der Waals surface area contributed by atoms with Crippen molar-refractivity contribution in [3.05, 3.63) is 0 Å². The molecule has 4 nitrogen and oxygen atoms in total. The number of likely N-dealkylation sites (tertiary alicyclic amines) is 1. The average molecular weight is 366 g/mol. The maximum Gasteiger partial charge on any atom is 0.223 e. The van der Waals surface area contributed by atoms with E-state index in [9.17, 15) is 4.79 Å². The van der Waals surface area contributed by atoms with E-state index in [0.717, 1.165) is 31.7 Å². The highest BCUT2D eigenvalue weighted by molar-refractivity contribution is 5.85. The van der Waals surface area contributed by atoms with Crippen molar-refractivity contribution in [2.24, 2.45) is 17.6 Å². The van der Waals surface area contributed by atoms with Crippen molar-refractivity contribution in [2.45, 2.75) is 69.9 Å². The molecule has 1 heterocycles. The zero-order chi connectivity index (χ0) is 14.7. The van der Waals surface area contributed by atoms with Gasteiger partial charge in [0.05, 0.1) is 0 Å². The largest absolute Gasteiger partial charge is 0.353 e. The second-order valence-corrected chi connectivity index (χ2v) is 7.29. The van der Waals surface area contributed by atoms with Crippen molar-refractivity contribution in [1.82, 2.24) is 10.2 Å². The predicted molar refractivity (Wildman–Crippen MR) is 99.4 cm³/mol. The standard InChI is InChI=1S/C17H31N3O.2ClH/c18-12-13-4-3-7-16(13)17(21)19-14-8-10-20(11-9-14)15-5-1-2-6-15;;/h13-16H,1-12,18H2,(H,19,21);2*1H/t13-,16-;;/m1../s1. The van der Waals surface area contributed by atoms with Crippen LogP contribution in [0.2, 0.25) is 0 Å². The number of piperidine rings is 1. The number of hydrogen-bond donors (Lipinski definition) is 2. The maximum atomic E-state index is 12.4. The van der Waals surface area contributed by atoms with E-state index in [1.54, 1.807) is 0 Å². The van der Waals surface area contributed by atoms with Gasteiger partial charge in [-0.15, -0.1) is 24.8 Å². The van der Waals surface area contributed by atoms with Gasteiger partial charge < -0.3 is 16.0 Å². The highest BCUT2D eigenvalue weighted by atomic mass is 35.5. The molecule has 3 N–H and O–H groups in total. The Bertz CT molecular complexity index is 356. The molecule has 1 amide bonds. The van der Waals surface area contributed by atoms with Crippen molar-refractivity contribution in [3.8, 4) is 0 Å². The Labute approximate surface area is 153 Å². The van der Waals surface area contributed by atoms with E-state index in [1.807, 2.05) is 0 Å². The molecule has 23 heavy (non-hydrogen) atoms. The Hall–Kier alpha value is -0.0300. The molecule has 1 saturated heterocycles. The summed E-state index contributed by atoms with van der Waals surface area (Å²) in [5.74, 6) is 0.883. The lowest BCUT2D eigenvalue weighted by Gasteiger charge is -2.36. The summed E-state index contributed by atoms with van der Waals surface area (Å²) in [5.41, 5.74) is 5.80. The lowest BCUT2D eigenvalue weighted by Crippen LogP contribution is -2.49. The van der Waals surface area contributed by atoms with Gasteiger partial charge in [0.2, 0.25) is 5.91 Å². The fourth-order valence-electron chi connectivity index (χ4n) is 4.65. The van der Waals surface area contributed by atoms with Crippen LogP contribution >= 0.6 is 24.8 Å². The normalized spacial score (nSPS) is 29.8. The molecule has 0 aromatic rings. The summed E-state index contributed by atoms with van der Waals surface area (Å²) in [6.45, 7) is 3.00. The first-order valence-corrected chi connectivity index (χ1v) is 9.02. The van der Waals surface area contributed by atoms with Gasteiger partial charge in [0, 0.05) is 31.1 Å². The number of amides is 1. The van der Waals surface area contributed by atoms with Gasteiger partial charge in [-0.25, -0.2) is 0 Å². The van der Waals surface area contributed by atoms with Gasteiger partial charge in [0.15, 0.2) is 0 Å². The lowest BCUT2D eigenvalue weighted by atomic mass is 9.94. The van der Waals surface area contributed by atoms with Gasteiger partial charge in [-0.1, -0.05) is 19.3 Å². The number of halogens is 2. The highest BCUT2D eigenvalue weighted by Crippen LogP contribution is 2.31. The molecule has 3 fully saturated rings. The van der Waals surface area contributed by atoms with E-state index in [-0.39, 0.29) is 36.6 Å². The summed E-state index contributed by atoms with van der Waals surface area (Å²) in [6, 6.07) is 1.23. The molecular formula is C17H33Cl2N3O. The molecule has 0 aromatic carbocycles. The third-order valence-electron chi connectivity index (χ3n) is 6.02. The minimum Gasteiger partial charge on any atom is -0.353 e. The summed E-state index contributed by atoms with van der Waals surface area (Å²) in [4.78, 5) is 15.1. The molecule has 2 atom stereocenters. The number of hydrogen-bond acceptors (Lipinski definition) is 3. The van der Waals surface area contributed by atoms with E-state index in [2.05, 4.69) is 10.2 Å². The molecule has 0 unspecified atom stereocenters. The molecular weight excluding hydrogens is 333 g/mol. The fraction of sp³-hybridized carbons (Fsp3) is 0.941. The van der Waals surface area contributed by atoms with Crippen molar-refractivity contribution >= 4 is 30.7 Å². The third-order valence-corrected chi connectivity index (χ3v) is 6.02. The summed E-state index contributed by atoms with van der Waals surface area (Å²) < 4.78 is 0. The minimum absolute atomic E-state index is 0. The van der Waals surface area contributed by atoms with Crippen LogP contribution in [0.3, 0.4) is 0 Å². The molecule has 2 aliphatic carbocycles. The highest BCUT2D eigenvalue weighted by Gasteiger charge is 2.34. The van der Waals surface area contributed by atoms with Gasteiger partial charge in [-0.05, 0) is 51.0 Å². The number of nitrogens with zero attached hydrogens (tertiary/aromatic N) is 1. The second-order valence-electron chi connectivity index (χ2n) is 7.29. The fourth-order valence-corrected chi connectivity index (χ4v) is 4.65. The Balaban J connectivity index is 0.00000132. The first-order chi connectivity index (χ1) is 10.3. The van der Waals surface area contributed by atoms with Crippen molar-refractivity contribution in [3.63, 3.8) is 0 Å². The SMILES string of the molecule is Cl.Cl.NC[C@H]1CCC[C@H]1C(=O)NC1CCN(C2CCCC2)CC1. The molecule has 1 aliphatic heterocycles. The Morgan fingerprint density at radius 2 is 1.61 bits per heavy atom. The second kappa shape index (κ2) is 10.1. The summed E-state index contributed by atoms with van der Waals surface area (Å²) in [5, 5.41) is 3.32. The van der Waals surface area contributed by atoms with Crippen LogP contribution in [0.25, 0.3) is 0 Å². The third kappa shape index (κ3) is 5.22. The van der Waals surface area contributed by atoms with Crippen molar-refractivity contribution < 1.29 is 4.79 Å². The first kappa shape index (κ1) is 21.0. The molecule has 136 valence electrons. The number of nitrogens with one attached hydrogen (secondary N) is 1. The molecule has 3 aliphatic rings. The summed E-state index contributed by atoms with van der Waals surface area (Å²) in [6.07, 6.45) is 11.2. The monoisotopic (exact) mass is 365 g/mol.